The summed E-state index contributed by atoms with van der Waals surface area (Å²) in [6.07, 6.45) is 2.95. The number of hydrogen-bond acceptors (Lipinski definition) is 3. The molecule has 1 aliphatic carbocycles. The standard InChI is InChI=1S/C12H19N3/c1-11(2)8-12(11,13)9-5-6-10(14-7-9)15(3)4/h5-7H,8,13H2,1-4H3. The van der Waals surface area contributed by atoms with Crippen LogP contribution in [0.2, 0.25) is 0 Å². The van der Waals surface area contributed by atoms with Crippen molar-refractivity contribution in [2.45, 2.75) is 25.8 Å². The summed E-state index contributed by atoms with van der Waals surface area (Å²) in [5, 5.41) is 0. The quantitative estimate of drug-likeness (QED) is 0.799. The van der Waals surface area contributed by atoms with Gasteiger partial charge < -0.3 is 10.6 Å². The highest BCUT2D eigenvalue weighted by molar-refractivity contribution is 5.41. The van der Waals surface area contributed by atoms with Gasteiger partial charge in [0.25, 0.3) is 0 Å². The smallest absolute Gasteiger partial charge is 0.127 e. The first-order valence-electron chi connectivity index (χ1n) is 5.29. The Morgan fingerprint density at radius 2 is 1.93 bits per heavy atom. The molecule has 3 nitrogen and oxygen atoms in total. The van der Waals surface area contributed by atoms with Gasteiger partial charge in [0.05, 0.1) is 0 Å². The van der Waals surface area contributed by atoms with Crippen LogP contribution in [0.5, 0.6) is 0 Å². The Balaban J connectivity index is 2.26. The van der Waals surface area contributed by atoms with Gasteiger partial charge >= 0.3 is 0 Å². The zero-order chi connectivity index (χ0) is 11.3. The molecule has 1 heterocycles. The number of hydrogen-bond donors (Lipinski definition) is 1. The van der Waals surface area contributed by atoms with Crippen molar-refractivity contribution < 1.29 is 0 Å². The predicted molar refractivity (Wildman–Crippen MR) is 62.8 cm³/mol. The third-order valence-corrected chi connectivity index (χ3v) is 3.52. The summed E-state index contributed by atoms with van der Waals surface area (Å²) < 4.78 is 0. The largest absolute Gasteiger partial charge is 0.363 e. The summed E-state index contributed by atoms with van der Waals surface area (Å²) in [7, 11) is 3.97. The Morgan fingerprint density at radius 1 is 1.33 bits per heavy atom. The van der Waals surface area contributed by atoms with E-state index in [1.54, 1.807) is 0 Å². The van der Waals surface area contributed by atoms with E-state index < -0.39 is 0 Å². The fourth-order valence-electron chi connectivity index (χ4n) is 2.06. The molecule has 15 heavy (non-hydrogen) atoms. The molecule has 3 heteroatoms. The minimum Gasteiger partial charge on any atom is -0.363 e. The zero-order valence-electron chi connectivity index (χ0n) is 9.91. The lowest BCUT2D eigenvalue weighted by molar-refractivity contribution is 0.509. The Kier molecular flexibility index (Phi) is 2.05. The lowest BCUT2D eigenvalue weighted by Crippen LogP contribution is -2.25. The zero-order valence-corrected chi connectivity index (χ0v) is 9.91. The molecule has 1 saturated carbocycles. The third-order valence-electron chi connectivity index (χ3n) is 3.52. The highest BCUT2D eigenvalue weighted by Crippen LogP contribution is 2.60. The minimum atomic E-state index is -0.162. The molecule has 1 fully saturated rings. The van der Waals surface area contributed by atoms with Crippen molar-refractivity contribution >= 4 is 5.82 Å². The summed E-state index contributed by atoms with van der Waals surface area (Å²) in [6.45, 7) is 4.40. The van der Waals surface area contributed by atoms with Gasteiger partial charge in [0.2, 0.25) is 0 Å². The van der Waals surface area contributed by atoms with E-state index in [9.17, 15) is 0 Å². The van der Waals surface area contributed by atoms with Crippen LogP contribution >= 0.6 is 0 Å². The van der Waals surface area contributed by atoms with Crippen LogP contribution < -0.4 is 10.6 Å². The van der Waals surface area contributed by atoms with Crippen LogP contribution in [-0.4, -0.2) is 19.1 Å². The van der Waals surface area contributed by atoms with E-state index in [4.69, 9.17) is 5.73 Å². The topological polar surface area (TPSA) is 42.1 Å². The van der Waals surface area contributed by atoms with Gasteiger partial charge in [0.15, 0.2) is 0 Å². The second-order valence-corrected chi connectivity index (χ2v) is 5.33. The van der Waals surface area contributed by atoms with E-state index in [1.165, 1.54) is 0 Å². The van der Waals surface area contributed by atoms with E-state index in [1.807, 2.05) is 31.3 Å². The fourth-order valence-corrected chi connectivity index (χ4v) is 2.06. The van der Waals surface area contributed by atoms with E-state index in [0.717, 1.165) is 17.8 Å². The number of nitrogens with two attached hydrogens (primary N) is 1. The number of rotatable bonds is 2. The van der Waals surface area contributed by atoms with E-state index in [0.29, 0.717) is 0 Å². The first-order chi connectivity index (χ1) is 6.87. The van der Waals surface area contributed by atoms with Crippen molar-refractivity contribution in [1.29, 1.82) is 0 Å². The molecular weight excluding hydrogens is 186 g/mol. The van der Waals surface area contributed by atoms with Crippen molar-refractivity contribution in [3.63, 3.8) is 0 Å². The van der Waals surface area contributed by atoms with Crippen molar-refractivity contribution in [3.8, 4) is 0 Å². The molecule has 0 aliphatic heterocycles. The van der Waals surface area contributed by atoms with E-state index >= 15 is 0 Å². The maximum absolute atomic E-state index is 6.32. The summed E-state index contributed by atoms with van der Waals surface area (Å²) in [5.74, 6) is 0.973. The normalized spacial score (nSPS) is 27.5. The molecule has 1 atom stereocenters. The van der Waals surface area contributed by atoms with Crippen LogP contribution in [0.25, 0.3) is 0 Å². The van der Waals surface area contributed by atoms with E-state index in [-0.39, 0.29) is 11.0 Å². The molecule has 0 amide bonds. The summed E-state index contributed by atoms with van der Waals surface area (Å²) in [4.78, 5) is 6.39. The molecular formula is C12H19N3. The van der Waals surface area contributed by atoms with Crippen molar-refractivity contribution in [2.24, 2.45) is 11.1 Å². The summed E-state index contributed by atoms with van der Waals surface area (Å²) in [6, 6.07) is 4.12. The van der Waals surface area contributed by atoms with Gasteiger partial charge in [-0.2, -0.15) is 0 Å². The average Bonchev–Trinajstić information content (AvgIpc) is 2.67. The molecule has 2 N–H and O–H groups in total. The van der Waals surface area contributed by atoms with Gasteiger partial charge in [0.1, 0.15) is 5.82 Å². The molecule has 1 aromatic rings. The van der Waals surface area contributed by atoms with Gasteiger partial charge in [0, 0.05) is 25.8 Å². The number of aromatic nitrogens is 1. The van der Waals surface area contributed by atoms with Crippen LogP contribution in [0.1, 0.15) is 25.8 Å². The lowest BCUT2D eigenvalue weighted by Gasteiger charge is -2.17. The molecule has 0 bridgehead atoms. The van der Waals surface area contributed by atoms with E-state index in [2.05, 4.69) is 24.9 Å². The highest BCUT2D eigenvalue weighted by atomic mass is 15.1. The number of nitrogens with zero attached hydrogens (tertiary/aromatic N) is 2. The Labute approximate surface area is 91.3 Å². The molecule has 0 saturated heterocycles. The van der Waals surface area contributed by atoms with Crippen LogP contribution in [0.3, 0.4) is 0 Å². The van der Waals surface area contributed by atoms with Crippen molar-refractivity contribution in [2.75, 3.05) is 19.0 Å². The molecule has 82 valence electrons. The Hall–Kier alpha value is -1.09. The summed E-state index contributed by atoms with van der Waals surface area (Å²) >= 11 is 0. The van der Waals surface area contributed by atoms with Crippen molar-refractivity contribution in [3.05, 3.63) is 23.9 Å². The monoisotopic (exact) mass is 205 g/mol. The number of pyridine rings is 1. The molecule has 2 rings (SSSR count). The lowest BCUT2D eigenvalue weighted by atomic mass is 9.99. The second-order valence-electron chi connectivity index (χ2n) is 5.33. The van der Waals surface area contributed by atoms with Gasteiger partial charge in [-0.3, -0.25) is 0 Å². The van der Waals surface area contributed by atoms with Gasteiger partial charge in [-0.15, -0.1) is 0 Å². The summed E-state index contributed by atoms with van der Waals surface area (Å²) in [5.41, 5.74) is 7.52. The molecule has 1 aliphatic rings. The van der Waals surface area contributed by atoms with Gasteiger partial charge in [-0.05, 0) is 23.5 Å². The second kappa shape index (κ2) is 2.95. The number of anilines is 1. The molecule has 1 aromatic heterocycles. The Morgan fingerprint density at radius 3 is 2.27 bits per heavy atom. The van der Waals surface area contributed by atoms with Crippen LogP contribution in [-0.2, 0) is 5.54 Å². The molecule has 1 unspecified atom stereocenters. The maximum atomic E-state index is 6.32. The molecule has 0 radical (unpaired) electrons. The van der Waals surface area contributed by atoms with Crippen LogP contribution in [0.4, 0.5) is 5.82 Å². The van der Waals surface area contributed by atoms with Crippen LogP contribution in [0.15, 0.2) is 18.3 Å². The average molecular weight is 205 g/mol. The fraction of sp³-hybridized carbons (Fsp3) is 0.583. The van der Waals surface area contributed by atoms with Crippen molar-refractivity contribution in [1.82, 2.24) is 4.98 Å². The molecule has 0 spiro atoms. The predicted octanol–water partition coefficient (Wildman–Crippen LogP) is 1.73. The molecule has 0 aromatic carbocycles. The first-order valence-corrected chi connectivity index (χ1v) is 5.29. The first kappa shape index (κ1) is 10.4. The maximum Gasteiger partial charge on any atom is 0.127 e. The highest BCUT2D eigenvalue weighted by Gasteiger charge is 2.59. The van der Waals surface area contributed by atoms with Crippen LogP contribution in [0, 0.1) is 5.41 Å². The van der Waals surface area contributed by atoms with Gasteiger partial charge in [-0.1, -0.05) is 19.9 Å². The minimum absolute atomic E-state index is 0.162. The third kappa shape index (κ3) is 1.51. The SMILES string of the molecule is CN(C)c1ccc(C2(N)CC2(C)C)cn1. The Bertz CT molecular complexity index is 367. The van der Waals surface area contributed by atoms with Gasteiger partial charge in [-0.25, -0.2) is 4.98 Å².